The lowest BCUT2D eigenvalue weighted by Gasteiger charge is -2.24. The van der Waals surface area contributed by atoms with Gasteiger partial charge in [-0.1, -0.05) is 379 Å². The second-order valence-corrected chi connectivity index (χ2v) is 30.6. The van der Waals surface area contributed by atoms with E-state index in [9.17, 15) is 19.0 Å². The molecule has 2 atom stereocenters. The van der Waals surface area contributed by atoms with Gasteiger partial charge in [0.25, 0.3) is 0 Å². The summed E-state index contributed by atoms with van der Waals surface area (Å²) in [5.74, 6) is -0.796. The third kappa shape index (κ3) is 83.1. The molecule has 0 amide bonds. The molecule has 0 rings (SSSR count). The lowest BCUT2D eigenvalue weighted by atomic mass is 10.0. The molecule has 0 radical (unpaired) electrons. The number of phosphoric acid groups is 1. The Labute approximate surface area is 619 Å². The maximum atomic E-state index is 12.9. The molecule has 1 N–H and O–H groups in total. The summed E-state index contributed by atoms with van der Waals surface area (Å²) in [5, 5.41) is 0. The Kier molecular flexibility index (Phi) is 76.2. The highest BCUT2D eigenvalue weighted by Crippen LogP contribution is 2.43. The highest BCUT2D eigenvalue weighted by molar-refractivity contribution is 7.47. The summed E-state index contributed by atoms with van der Waals surface area (Å²) in [6.07, 6.45) is 116. The summed E-state index contributed by atoms with van der Waals surface area (Å²) in [5.41, 5.74) is 0. The van der Waals surface area contributed by atoms with Crippen LogP contribution in [0.1, 0.15) is 373 Å². The first-order chi connectivity index (χ1) is 49.0. The number of carbonyl (C=O) groups is 2. The van der Waals surface area contributed by atoms with Crippen molar-refractivity contribution in [1.29, 1.82) is 0 Å². The number of carbonyl (C=O) groups excluding carboxylic acids is 2. The van der Waals surface area contributed by atoms with E-state index in [0.717, 1.165) is 109 Å². The molecule has 0 bridgehead atoms. The van der Waals surface area contributed by atoms with Gasteiger partial charge in [-0.15, -0.1) is 0 Å². The first-order valence-electron chi connectivity index (χ1n) is 41.9. The Balaban J connectivity index is 3.97. The Morgan fingerprint density at radius 3 is 0.850 bits per heavy atom. The van der Waals surface area contributed by atoms with Crippen LogP contribution in [0, 0.1) is 0 Å². The number of likely N-dealkylation sites (N-methyl/N-ethyl adjacent to an activating group) is 1. The van der Waals surface area contributed by atoms with Gasteiger partial charge in [-0.2, -0.15) is 0 Å². The monoisotopic (exact) mass is 1410 g/mol. The topological polar surface area (TPSA) is 108 Å². The second kappa shape index (κ2) is 79.3. The van der Waals surface area contributed by atoms with Gasteiger partial charge in [-0.25, -0.2) is 4.57 Å². The Bertz CT molecular complexity index is 2160. The molecule has 2 unspecified atom stereocenters. The van der Waals surface area contributed by atoms with Gasteiger partial charge < -0.3 is 18.9 Å². The molecular formula is C90H159NO8P+. The maximum Gasteiger partial charge on any atom is 0.472 e. The van der Waals surface area contributed by atoms with Crippen molar-refractivity contribution in [3.8, 4) is 0 Å². The van der Waals surface area contributed by atoms with Gasteiger partial charge in [0.05, 0.1) is 27.7 Å². The lowest BCUT2D eigenvalue weighted by Crippen LogP contribution is -2.37. The summed E-state index contributed by atoms with van der Waals surface area (Å²) >= 11 is 0. The zero-order chi connectivity index (χ0) is 72.5. The average Bonchev–Trinajstić information content (AvgIpc) is 1.02. The number of unbranched alkanes of at least 4 members (excludes halogenated alkanes) is 41. The van der Waals surface area contributed by atoms with Gasteiger partial charge >= 0.3 is 19.8 Å². The van der Waals surface area contributed by atoms with Crippen LogP contribution in [0.25, 0.3) is 0 Å². The molecule has 0 aromatic carbocycles. The third-order valence-electron chi connectivity index (χ3n) is 18.2. The predicted molar refractivity (Wildman–Crippen MR) is 436 cm³/mol. The highest BCUT2D eigenvalue weighted by atomic mass is 31.2. The molecule has 0 spiro atoms. The minimum Gasteiger partial charge on any atom is -0.462 e. The third-order valence-corrected chi connectivity index (χ3v) is 19.1. The van der Waals surface area contributed by atoms with E-state index < -0.39 is 26.5 Å². The molecule has 0 saturated carbocycles. The smallest absolute Gasteiger partial charge is 0.462 e. The number of allylic oxidation sites excluding steroid dienone is 22. The van der Waals surface area contributed by atoms with Gasteiger partial charge in [-0.3, -0.25) is 18.6 Å². The average molecular weight is 1410 g/mol. The summed E-state index contributed by atoms with van der Waals surface area (Å²) in [6.45, 7) is 4.34. The maximum absolute atomic E-state index is 12.9. The predicted octanol–water partition coefficient (Wildman–Crippen LogP) is 28.3. The quantitative estimate of drug-likeness (QED) is 0.0211. The molecule has 0 aliphatic rings. The van der Waals surface area contributed by atoms with Crippen LogP contribution in [-0.4, -0.2) is 74.9 Å². The van der Waals surface area contributed by atoms with Crippen LogP contribution < -0.4 is 0 Å². The molecule has 10 heteroatoms. The van der Waals surface area contributed by atoms with Crippen molar-refractivity contribution in [1.82, 2.24) is 0 Å². The molecule has 0 heterocycles. The van der Waals surface area contributed by atoms with Crippen LogP contribution >= 0.6 is 7.82 Å². The van der Waals surface area contributed by atoms with Crippen molar-refractivity contribution in [2.45, 2.75) is 380 Å². The largest absolute Gasteiger partial charge is 0.472 e. The molecule has 0 aliphatic heterocycles. The summed E-state index contributed by atoms with van der Waals surface area (Å²) < 4.78 is 34.8. The summed E-state index contributed by atoms with van der Waals surface area (Å²) in [4.78, 5) is 36.0. The van der Waals surface area contributed by atoms with Gasteiger partial charge in [0.1, 0.15) is 19.8 Å². The first-order valence-corrected chi connectivity index (χ1v) is 43.4. The molecule has 0 aromatic rings. The first kappa shape index (κ1) is 96.2. The number of ether oxygens (including phenoxy) is 2. The van der Waals surface area contributed by atoms with E-state index in [2.05, 4.69) is 148 Å². The molecule has 576 valence electrons. The second-order valence-electron chi connectivity index (χ2n) is 29.1. The van der Waals surface area contributed by atoms with Crippen LogP contribution in [0.4, 0.5) is 0 Å². The molecule has 0 aromatic heterocycles. The molecule has 0 fully saturated rings. The van der Waals surface area contributed by atoms with Crippen molar-refractivity contribution in [2.24, 2.45) is 0 Å². The van der Waals surface area contributed by atoms with E-state index in [0.29, 0.717) is 17.4 Å². The Morgan fingerprint density at radius 1 is 0.320 bits per heavy atom. The van der Waals surface area contributed by atoms with Crippen molar-refractivity contribution < 1.29 is 42.1 Å². The number of quaternary nitrogens is 1. The van der Waals surface area contributed by atoms with E-state index >= 15 is 0 Å². The molecule has 9 nitrogen and oxygen atoms in total. The van der Waals surface area contributed by atoms with Gasteiger partial charge in [0.15, 0.2) is 6.10 Å². The van der Waals surface area contributed by atoms with E-state index in [4.69, 9.17) is 18.5 Å². The van der Waals surface area contributed by atoms with Gasteiger partial charge in [0, 0.05) is 12.8 Å². The number of hydrogen-bond donors (Lipinski definition) is 1. The SMILES string of the molecule is CC/C=C\C/C=C\C/C=C\C/C=C\C/C=C\C/C=C\C/C=C\C/C=C\C/C=C\CCCCCCCCCCCC(=O)OC(COC(=O)CCCCCCCCCCCCCCCCCCCCCCCCCCCCC/C=C\C/C=C\CCCCCCC)COP(=O)(O)OCC[N+](C)(C)C. The molecule has 100 heavy (non-hydrogen) atoms. The number of esters is 2. The molecule has 0 saturated heterocycles. The van der Waals surface area contributed by atoms with Crippen LogP contribution in [0.3, 0.4) is 0 Å². The number of nitrogens with zero attached hydrogens (tertiary/aromatic N) is 1. The van der Waals surface area contributed by atoms with Crippen LogP contribution in [0.15, 0.2) is 134 Å². The summed E-state index contributed by atoms with van der Waals surface area (Å²) in [6, 6.07) is 0. The van der Waals surface area contributed by atoms with Gasteiger partial charge in [0.2, 0.25) is 0 Å². The van der Waals surface area contributed by atoms with Crippen molar-refractivity contribution >= 4 is 19.8 Å². The minimum atomic E-state index is -4.41. The van der Waals surface area contributed by atoms with E-state index in [1.807, 2.05) is 21.1 Å². The van der Waals surface area contributed by atoms with Crippen molar-refractivity contribution in [2.75, 3.05) is 47.5 Å². The lowest BCUT2D eigenvalue weighted by molar-refractivity contribution is -0.870. The minimum absolute atomic E-state index is 0.0265. The highest BCUT2D eigenvalue weighted by Gasteiger charge is 2.27. The van der Waals surface area contributed by atoms with Crippen LogP contribution in [0.2, 0.25) is 0 Å². The van der Waals surface area contributed by atoms with Crippen molar-refractivity contribution in [3.05, 3.63) is 134 Å². The van der Waals surface area contributed by atoms with Crippen LogP contribution in [0.5, 0.6) is 0 Å². The van der Waals surface area contributed by atoms with E-state index in [1.165, 1.54) is 231 Å². The zero-order valence-electron chi connectivity index (χ0n) is 65.9. The number of hydrogen-bond acceptors (Lipinski definition) is 7. The Morgan fingerprint density at radius 2 is 0.570 bits per heavy atom. The van der Waals surface area contributed by atoms with E-state index in [1.54, 1.807) is 0 Å². The normalized spacial score (nSPS) is 13.7. The molecular weight excluding hydrogens is 1250 g/mol. The fraction of sp³-hybridized carbons (Fsp3) is 0.733. The zero-order valence-corrected chi connectivity index (χ0v) is 66.8. The number of phosphoric ester groups is 1. The number of rotatable bonds is 77. The molecule has 0 aliphatic carbocycles. The van der Waals surface area contributed by atoms with Crippen molar-refractivity contribution in [3.63, 3.8) is 0 Å². The fourth-order valence-electron chi connectivity index (χ4n) is 11.8. The van der Waals surface area contributed by atoms with Gasteiger partial charge in [-0.05, 0) is 116 Å². The summed E-state index contributed by atoms with van der Waals surface area (Å²) in [7, 11) is 1.47. The standard InChI is InChI=1S/C90H158NO8P/c1-6-8-10-12-14-16-18-20-22-24-26-28-30-32-34-36-38-40-42-44-45-47-48-50-52-54-56-58-60-62-64-66-68-70-72-74-76-78-80-82-89(92)96-86-88(87-98-100(94,95)97-85-84-91(3,4)5)99-90(93)83-81-79-77-75-73-71-69-67-65-63-61-59-57-55-53-51-49-46-43-41-39-37-35-33-31-29-27-25-23-21-19-17-15-13-11-9-7-2/h9,11,15,17-18,20-21,23-24,26-27,29,33,35,39,41,46,49,53,55,59,61,88H,6-8,10,12-14,16,19,22,25,28,30-32,34,36-38,40,42-45,47-48,50-52,54,56-58,60,62-87H2,1-5H3/p+1/b11-9-,17-15-,20-18-,23-21-,26-24-,29-27-,35-33-,41-39-,49-46-,55-53-,61-59-. The fourth-order valence-corrected chi connectivity index (χ4v) is 12.6. The van der Waals surface area contributed by atoms with E-state index in [-0.39, 0.29) is 32.0 Å². The van der Waals surface area contributed by atoms with Crippen LogP contribution in [-0.2, 0) is 32.7 Å². The Hall–Kier alpha value is -3.85.